The molecule has 0 N–H and O–H groups in total. The van der Waals surface area contributed by atoms with Crippen LogP contribution in [-0.4, -0.2) is 44.7 Å². The van der Waals surface area contributed by atoms with E-state index in [0.29, 0.717) is 17.4 Å². The van der Waals surface area contributed by atoms with Gasteiger partial charge in [0.25, 0.3) is 0 Å². The molecule has 0 aromatic heterocycles. The van der Waals surface area contributed by atoms with Gasteiger partial charge in [0.05, 0.1) is 21.1 Å². The molecule has 0 aromatic rings. The molecule has 1 atom stereocenters. The number of nitrogens with zero attached hydrogens (tertiary/aromatic N) is 1. The summed E-state index contributed by atoms with van der Waals surface area (Å²) in [6.45, 7) is 2.80. The second kappa shape index (κ2) is 21.8. The number of hydrogen-bond acceptors (Lipinski definition) is 5. The fraction of sp³-hybridized carbons (Fsp3) is 0.963. The summed E-state index contributed by atoms with van der Waals surface area (Å²) in [7, 11) is 1.27. The number of phosphoric acid groups is 1. The van der Waals surface area contributed by atoms with Crippen LogP contribution >= 0.6 is 7.82 Å². The zero-order valence-corrected chi connectivity index (χ0v) is 23.9. The summed E-state index contributed by atoms with van der Waals surface area (Å²) < 4.78 is 21.5. The van der Waals surface area contributed by atoms with Crippen molar-refractivity contribution < 1.29 is 27.8 Å². The highest BCUT2D eigenvalue weighted by atomic mass is 31.2. The average molecular weight is 506 g/mol. The first kappa shape index (κ1) is 33.6. The van der Waals surface area contributed by atoms with Gasteiger partial charge in [-0.1, -0.05) is 122 Å². The first-order valence-corrected chi connectivity index (χ1v) is 15.6. The minimum Gasteiger partial charge on any atom is -0.746 e. The van der Waals surface area contributed by atoms with Gasteiger partial charge in [0, 0.05) is 6.42 Å². The van der Waals surface area contributed by atoms with E-state index < -0.39 is 13.8 Å². The van der Waals surface area contributed by atoms with E-state index in [1.807, 2.05) is 21.1 Å². The maximum Gasteiger partial charge on any atom is 0.322 e. The molecule has 0 aromatic carbocycles. The minimum atomic E-state index is -4.54. The molecule has 0 rings (SSSR count). The van der Waals surface area contributed by atoms with Crippen molar-refractivity contribution in [1.82, 2.24) is 0 Å². The molecule has 0 fully saturated rings. The van der Waals surface area contributed by atoms with Crippen LogP contribution in [0.1, 0.15) is 135 Å². The van der Waals surface area contributed by atoms with Crippen LogP contribution in [0.15, 0.2) is 0 Å². The molecule has 6 nitrogen and oxygen atoms in total. The number of likely N-dealkylation sites (N-methyl/N-ethyl adjacent to an activating group) is 1. The highest BCUT2D eigenvalue weighted by molar-refractivity contribution is 7.46. The van der Waals surface area contributed by atoms with Gasteiger partial charge in [-0.25, -0.2) is 0 Å². The third-order valence-electron chi connectivity index (χ3n) is 6.21. The lowest BCUT2D eigenvalue weighted by Crippen LogP contribution is -2.37. The second-order valence-corrected chi connectivity index (χ2v) is 12.2. The Morgan fingerprint density at radius 3 is 1.38 bits per heavy atom. The van der Waals surface area contributed by atoms with E-state index in [-0.39, 0.29) is 13.0 Å². The van der Waals surface area contributed by atoms with Crippen molar-refractivity contribution >= 4 is 13.8 Å². The molecular weight excluding hydrogens is 449 g/mol. The van der Waals surface area contributed by atoms with Gasteiger partial charge in [0.1, 0.15) is 13.2 Å². The van der Waals surface area contributed by atoms with E-state index >= 15 is 0 Å². The topological polar surface area (TPSA) is 75.7 Å². The third kappa shape index (κ3) is 26.2. The Labute approximate surface area is 211 Å². The molecule has 0 heterocycles. The van der Waals surface area contributed by atoms with Crippen molar-refractivity contribution in [3.63, 3.8) is 0 Å². The molecular formula is C27H56NO5P. The Kier molecular flexibility index (Phi) is 21.6. The highest BCUT2D eigenvalue weighted by Gasteiger charge is 2.17. The lowest BCUT2D eigenvalue weighted by atomic mass is 10.0. The van der Waals surface area contributed by atoms with Crippen LogP contribution in [0.2, 0.25) is 0 Å². The summed E-state index contributed by atoms with van der Waals surface area (Å²) in [6.07, 6.45) is 24.7. The predicted octanol–water partition coefficient (Wildman–Crippen LogP) is 7.54. The van der Waals surface area contributed by atoms with Gasteiger partial charge in [-0.3, -0.25) is 9.36 Å². The fourth-order valence-corrected chi connectivity index (χ4v) is 4.67. The number of rotatable bonds is 25. The maximum absolute atomic E-state index is 11.7. The van der Waals surface area contributed by atoms with Crippen molar-refractivity contribution in [2.45, 2.75) is 135 Å². The lowest BCUT2D eigenvalue weighted by Gasteiger charge is -2.26. The van der Waals surface area contributed by atoms with Crippen molar-refractivity contribution in [2.24, 2.45) is 0 Å². The monoisotopic (exact) mass is 505 g/mol. The van der Waals surface area contributed by atoms with E-state index in [2.05, 4.69) is 11.4 Å². The SMILES string of the molecule is CCCCCCCCCCCCCCCCCCCCCC(=O)OP(=O)([O-])OCC[N+](C)(C)C. The second-order valence-electron chi connectivity index (χ2n) is 10.9. The first-order valence-electron chi connectivity index (χ1n) is 14.1. The normalized spacial score (nSPS) is 13.7. The molecule has 0 radical (unpaired) electrons. The van der Waals surface area contributed by atoms with E-state index in [1.165, 1.54) is 103 Å². The van der Waals surface area contributed by atoms with Crippen LogP contribution in [0.5, 0.6) is 0 Å². The van der Waals surface area contributed by atoms with Gasteiger partial charge < -0.3 is 18.4 Å². The molecule has 0 amide bonds. The van der Waals surface area contributed by atoms with Crippen molar-refractivity contribution in [1.29, 1.82) is 0 Å². The quantitative estimate of drug-likeness (QED) is 0.0727. The maximum atomic E-state index is 11.7. The standard InChI is InChI=1S/C27H56NO5P/c1-5-6-7-8-9-10-11-12-13-14-15-16-17-18-19-20-21-22-23-24-27(29)33-34(30,31)32-26-25-28(2,3)4/h5-26H2,1-4H3. The van der Waals surface area contributed by atoms with Crippen molar-refractivity contribution in [2.75, 3.05) is 34.3 Å². The molecule has 0 saturated carbocycles. The zero-order valence-electron chi connectivity index (χ0n) is 23.0. The van der Waals surface area contributed by atoms with Crippen molar-refractivity contribution in [3.8, 4) is 0 Å². The molecule has 204 valence electrons. The molecule has 7 heteroatoms. The number of carbonyl (C=O) groups excluding carboxylic acids is 1. The molecule has 0 aliphatic rings. The number of quaternary nitrogens is 1. The Morgan fingerprint density at radius 1 is 0.676 bits per heavy atom. The molecule has 1 unspecified atom stereocenters. The summed E-state index contributed by atoms with van der Waals surface area (Å²) >= 11 is 0. The predicted molar refractivity (Wildman–Crippen MR) is 141 cm³/mol. The minimum absolute atomic E-state index is 0.0107. The Hall–Kier alpha value is -0.420. The summed E-state index contributed by atoms with van der Waals surface area (Å²) in [6, 6.07) is 0. The number of hydrogen-bond donors (Lipinski definition) is 0. The van der Waals surface area contributed by atoms with Crippen LogP contribution in [-0.2, 0) is 18.4 Å². The Bertz CT molecular complexity index is 522. The molecule has 0 aliphatic heterocycles. The molecule has 34 heavy (non-hydrogen) atoms. The molecule has 0 bridgehead atoms. The zero-order chi connectivity index (χ0) is 25.5. The van der Waals surface area contributed by atoms with Crippen LogP contribution in [0.3, 0.4) is 0 Å². The summed E-state index contributed by atoms with van der Waals surface area (Å²) in [5.74, 6) is -0.712. The Balaban J connectivity index is 3.37. The van der Waals surface area contributed by atoms with Crippen LogP contribution in [0.4, 0.5) is 0 Å². The first-order chi connectivity index (χ1) is 16.2. The van der Waals surface area contributed by atoms with Gasteiger partial charge in [-0.15, -0.1) is 0 Å². The van der Waals surface area contributed by atoms with Gasteiger partial charge in [0.2, 0.25) is 0 Å². The summed E-state index contributed by atoms with van der Waals surface area (Å²) in [5, 5.41) is 0. The summed E-state index contributed by atoms with van der Waals surface area (Å²) in [5.41, 5.74) is 0. The molecule has 0 saturated heterocycles. The van der Waals surface area contributed by atoms with Crippen LogP contribution in [0.25, 0.3) is 0 Å². The highest BCUT2D eigenvalue weighted by Crippen LogP contribution is 2.38. The van der Waals surface area contributed by atoms with Gasteiger partial charge in [-0.05, 0) is 6.42 Å². The largest absolute Gasteiger partial charge is 0.746 e. The number of phosphoric ester groups is 1. The Morgan fingerprint density at radius 2 is 1.03 bits per heavy atom. The smallest absolute Gasteiger partial charge is 0.322 e. The number of carbonyl (C=O) groups is 1. The lowest BCUT2D eigenvalue weighted by molar-refractivity contribution is -0.870. The number of unbranched alkanes of at least 4 members (excludes halogenated alkanes) is 18. The summed E-state index contributed by atoms with van der Waals surface area (Å²) in [4.78, 5) is 23.4. The van der Waals surface area contributed by atoms with Gasteiger partial charge in [0.15, 0.2) is 0 Å². The van der Waals surface area contributed by atoms with Gasteiger partial charge >= 0.3 is 13.8 Å². The van der Waals surface area contributed by atoms with E-state index in [4.69, 9.17) is 4.52 Å². The third-order valence-corrected chi connectivity index (χ3v) is 7.14. The van der Waals surface area contributed by atoms with E-state index in [9.17, 15) is 14.3 Å². The fourth-order valence-electron chi connectivity index (χ4n) is 3.97. The van der Waals surface area contributed by atoms with E-state index in [0.717, 1.165) is 12.8 Å². The van der Waals surface area contributed by atoms with Gasteiger partial charge in [-0.2, -0.15) is 0 Å². The van der Waals surface area contributed by atoms with E-state index in [1.54, 1.807) is 0 Å². The molecule has 0 spiro atoms. The van der Waals surface area contributed by atoms with Crippen LogP contribution in [0, 0.1) is 0 Å². The molecule has 0 aliphatic carbocycles. The van der Waals surface area contributed by atoms with Crippen LogP contribution < -0.4 is 4.89 Å². The average Bonchev–Trinajstić information content (AvgIpc) is 2.74. The van der Waals surface area contributed by atoms with Crippen molar-refractivity contribution in [3.05, 3.63) is 0 Å².